The topological polar surface area (TPSA) is 26.8 Å². The van der Waals surface area contributed by atoms with Gasteiger partial charge in [0.1, 0.15) is 0 Å². The minimum absolute atomic E-state index is 0.0550. The number of benzene rings is 2. The van der Waals surface area contributed by atoms with Crippen molar-refractivity contribution >= 4 is 57.3 Å². The van der Waals surface area contributed by atoms with Crippen LogP contribution < -0.4 is 14.7 Å². The maximum atomic E-state index is 13.1. The molecule has 2 saturated heterocycles. The van der Waals surface area contributed by atoms with E-state index in [0.717, 1.165) is 30.0 Å². The summed E-state index contributed by atoms with van der Waals surface area (Å²) in [5, 5.41) is 0. The van der Waals surface area contributed by atoms with Gasteiger partial charge in [-0.3, -0.25) is 9.69 Å². The van der Waals surface area contributed by atoms with Crippen LogP contribution in [0.15, 0.2) is 47.4 Å². The van der Waals surface area contributed by atoms with Gasteiger partial charge in [0, 0.05) is 38.6 Å². The van der Waals surface area contributed by atoms with Crippen molar-refractivity contribution in [2.75, 3.05) is 41.9 Å². The molecule has 0 spiro atoms. The average Bonchev–Trinajstić information content (AvgIpc) is 3.32. The van der Waals surface area contributed by atoms with E-state index in [1.165, 1.54) is 35.9 Å². The van der Waals surface area contributed by atoms with Gasteiger partial charge in [-0.1, -0.05) is 30.0 Å². The minimum atomic E-state index is -0.0550. The first kappa shape index (κ1) is 20.0. The summed E-state index contributed by atoms with van der Waals surface area (Å²) >= 11 is 6.88. The zero-order valence-corrected chi connectivity index (χ0v) is 18.6. The second-order valence-electron chi connectivity index (χ2n) is 7.66. The molecule has 29 heavy (non-hydrogen) atoms. The molecule has 2 aliphatic heterocycles. The Morgan fingerprint density at radius 2 is 1.69 bits per heavy atom. The second-order valence-corrected chi connectivity index (χ2v) is 9.34. The smallest absolute Gasteiger partial charge is 0.270 e. The molecule has 2 heterocycles. The Morgan fingerprint density at radius 3 is 2.31 bits per heavy atom. The lowest BCUT2D eigenvalue weighted by molar-refractivity contribution is -0.113. The molecule has 0 unspecified atom stereocenters. The Balaban J connectivity index is 1.57. The molecule has 0 aromatic heterocycles. The van der Waals surface area contributed by atoms with Gasteiger partial charge < -0.3 is 9.80 Å². The van der Waals surface area contributed by atoms with E-state index in [0.29, 0.717) is 9.23 Å². The van der Waals surface area contributed by atoms with E-state index in [2.05, 4.69) is 30.0 Å². The third kappa shape index (κ3) is 4.05. The maximum Gasteiger partial charge on any atom is 0.270 e. The summed E-state index contributed by atoms with van der Waals surface area (Å²) in [6.07, 6.45) is 4.49. The first-order valence-electron chi connectivity index (χ1n) is 9.85. The van der Waals surface area contributed by atoms with Crippen molar-refractivity contribution in [3.05, 3.63) is 58.5 Å². The van der Waals surface area contributed by atoms with Gasteiger partial charge in [0.2, 0.25) is 0 Å². The Morgan fingerprint density at radius 1 is 1.03 bits per heavy atom. The molecule has 0 radical (unpaired) electrons. The number of thiocarbonyl (C=S) groups is 1. The van der Waals surface area contributed by atoms with Crippen molar-refractivity contribution in [1.29, 1.82) is 0 Å². The van der Waals surface area contributed by atoms with Gasteiger partial charge in [0.15, 0.2) is 4.32 Å². The highest BCUT2D eigenvalue weighted by atomic mass is 32.2. The van der Waals surface area contributed by atoms with Gasteiger partial charge in [-0.05, 0) is 73.4 Å². The van der Waals surface area contributed by atoms with Gasteiger partial charge in [0.25, 0.3) is 5.91 Å². The Hall–Kier alpha value is -2.31. The van der Waals surface area contributed by atoms with Crippen LogP contribution in [0.1, 0.15) is 24.0 Å². The van der Waals surface area contributed by atoms with Crippen LogP contribution >= 0.6 is 24.0 Å². The standard InChI is InChI=1S/C23H25N3OS2/c1-16-14-20(25-12-4-5-13-25)7-6-17(16)15-21-22(27)26(23(28)29-21)19-10-8-18(9-11-19)24(2)3/h6-11,14-15H,4-5,12-13H2,1-3H3/b21-15+. The maximum absolute atomic E-state index is 13.1. The summed E-state index contributed by atoms with van der Waals surface area (Å²) < 4.78 is 0.574. The summed E-state index contributed by atoms with van der Waals surface area (Å²) in [5.74, 6) is -0.0550. The zero-order chi connectivity index (χ0) is 20.5. The van der Waals surface area contributed by atoms with E-state index < -0.39 is 0 Å². The highest BCUT2D eigenvalue weighted by molar-refractivity contribution is 8.27. The zero-order valence-electron chi connectivity index (χ0n) is 17.0. The molecular formula is C23H25N3OS2. The Labute approximate surface area is 182 Å². The quantitative estimate of drug-likeness (QED) is 0.506. The van der Waals surface area contributed by atoms with E-state index in [-0.39, 0.29) is 5.91 Å². The number of hydrogen-bond acceptors (Lipinski definition) is 5. The molecule has 2 fully saturated rings. The molecule has 0 bridgehead atoms. The number of aryl methyl sites for hydroxylation is 1. The van der Waals surface area contributed by atoms with Crippen molar-refractivity contribution < 1.29 is 4.79 Å². The van der Waals surface area contributed by atoms with E-state index in [9.17, 15) is 4.79 Å². The third-order valence-electron chi connectivity index (χ3n) is 5.43. The molecule has 2 aromatic carbocycles. The fourth-order valence-electron chi connectivity index (χ4n) is 3.73. The summed E-state index contributed by atoms with van der Waals surface area (Å²) in [7, 11) is 3.99. The molecule has 1 amide bonds. The first-order valence-corrected chi connectivity index (χ1v) is 11.1. The first-order chi connectivity index (χ1) is 13.9. The van der Waals surface area contributed by atoms with Crippen LogP contribution in [0.2, 0.25) is 0 Å². The number of amides is 1. The van der Waals surface area contributed by atoms with E-state index in [1.54, 1.807) is 4.90 Å². The molecule has 0 aliphatic carbocycles. The van der Waals surface area contributed by atoms with Crippen LogP contribution in [-0.2, 0) is 4.79 Å². The van der Waals surface area contributed by atoms with Crippen LogP contribution in [-0.4, -0.2) is 37.4 Å². The average molecular weight is 424 g/mol. The Kier molecular flexibility index (Phi) is 5.65. The van der Waals surface area contributed by atoms with E-state index in [1.807, 2.05) is 49.3 Å². The number of anilines is 3. The fourth-order valence-corrected chi connectivity index (χ4v) is 5.02. The second kappa shape index (κ2) is 8.20. The van der Waals surface area contributed by atoms with Crippen LogP contribution in [0.25, 0.3) is 6.08 Å². The molecular weight excluding hydrogens is 398 g/mol. The largest absolute Gasteiger partial charge is 0.378 e. The molecule has 4 rings (SSSR count). The number of rotatable bonds is 4. The number of hydrogen-bond donors (Lipinski definition) is 0. The van der Waals surface area contributed by atoms with Crippen molar-refractivity contribution in [1.82, 2.24) is 0 Å². The normalized spacial score (nSPS) is 18.2. The molecule has 6 heteroatoms. The van der Waals surface area contributed by atoms with Gasteiger partial charge in [0.05, 0.1) is 10.6 Å². The molecule has 0 atom stereocenters. The highest BCUT2D eigenvalue weighted by Gasteiger charge is 2.33. The molecule has 2 aromatic rings. The summed E-state index contributed by atoms with van der Waals surface area (Å²) in [5.41, 5.74) is 5.41. The molecule has 4 nitrogen and oxygen atoms in total. The Bertz CT molecular complexity index is 976. The van der Waals surface area contributed by atoms with Crippen molar-refractivity contribution in [3.8, 4) is 0 Å². The molecule has 0 saturated carbocycles. The van der Waals surface area contributed by atoms with Gasteiger partial charge >= 0.3 is 0 Å². The molecule has 2 aliphatic rings. The van der Waals surface area contributed by atoms with Crippen LogP contribution in [0.5, 0.6) is 0 Å². The van der Waals surface area contributed by atoms with Crippen molar-refractivity contribution in [2.24, 2.45) is 0 Å². The SMILES string of the molecule is Cc1cc(N2CCCC2)ccc1/C=C1/SC(=S)N(c2ccc(N(C)C)cc2)C1=O. The fraction of sp³-hybridized carbons (Fsp3) is 0.304. The van der Waals surface area contributed by atoms with Crippen molar-refractivity contribution in [3.63, 3.8) is 0 Å². The summed E-state index contributed by atoms with van der Waals surface area (Å²) in [6.45, 7) is 4.36. The summed E-state index contributed by atoms with van der Waals surface area (Å²) in [4.78, 5) is 19.8. The van der Waals surface area contributed by atoms with Crippen LogP contribution in [0.3, 0.4) is 0 Å². The summed E-state index contributed by atoms with van der Waals surface area (Å²) in [6, 6.07) is 14.4. The number of carbonyl (C=O) groups excluding carboxylic acids is 1. The lowest BCUT2D eigenvalue weighted by Gasteiger charge is -2.18. The molecule has 0 N–H and O–H groups in total. The van der Waals surface area contributed by atoms with Gasteiger partial charge in [-0.15, -0.1) is 0 Å². The number of thioether (sulfide) groups is 1. The number of carbonyl (C=O) groups is 1. The van der Waals surface area contributed by atoms with Crippen LogP contribution in [0, 0.1) is 6.92 Å². The minimum Gasteiger partial charge on any atom is -0.378 e. The number of nitrogens with zero attached hydrogens (tertiary/aromatic N) is 3. The van der Waals surface area contributed by atoms with Gasteiger partial charge in [-0.2, -0.15) is 0 Å². The van der Waals surface area contributed by atoms with E-state index in [4.69, 9.17) is 12.2 Å². The van der Waals surface area contributed by atoms with Crippen molar-refractivity contribution in [2.45, 2.75) is 19.8 Å². The monoisotopic (exact) mass is 423 g/mol. The lowest BCUT2D eigenvalue weighted by atomic mass is 10.1. The van der Waals surface area contributed by atoms with E-state index >= 15 is 0 Å². The lowest BCUT2D eigenvalue weighted by Crippen LogP contribution is -2.27. The van der Waals surface area contributed by atoms with Gasteiger partial charge in [-0.25, -0.2) is 0 Å². The third-order valence-corrected chi connectivity index (χ3v) is 6.73. The van der Waals surface area contributed by atoms with Crippen LogP contribution in [0.4, 0.5) is 17.1 Å². The predicted octanol–water partition coefficient (Wildman–Crippen LogP) is 5.07. The predicted molar refractivity (Wildman–Crippen MR) is 129 cm³/mol. The molecule has 150 valence electrons. The highest BCUT2D eigenvalue weighted by Crippen LogP contribution is 2.37.